The predicted octanol–water partition coefficient (Wildman–Crippen LogP) is 2.26. The minimum atomic E-state index is -0.144. The van der Waals surface area contributed by atoms with Gasteiger partial charge in [-0.1, -0.05) is 12.1 Å². The maximum absolute atomic E-state index is 11.7. The van der Waals surface area contributed by atoms with Crippen LogP contribution in [0.15, 0.2) is 28.7 Å². The number of para-hydroxylation sites is 1. The van der Waals surface area contributed by atoms with Gasteiger partial charge in [0.1, 0.15) is 0 Å². The van der Waals surface area contributed by atoms with Gasteiger partial charge in [0.05, 0.1) is 12.2 Å². The molecule has 0 aliphatic heterocycles. The van der Waals surface area contributed by atoms with Gasteiger partial charge in [-0.3, -0.25) is 4.79 Å². The van der Waals surface area contributed by atoms with Crippen LogP contribution in [-0.4, -0.2) is 23.6 Å². The average molecular weight is 330 g/mol. The summed E-state index contributed by atoms with van der Waals surface area (Å²) in [6, 6.07) is 7.69. The van der Waals surface area contributed by atoms with Crippen LogP contribution in [0.2, 0.25) is 0 Å². The van der Waals surface area contributed by atoms with Crippen molar-refractivity contribution in [2.45, 2.75) is 19.9 Å². The molecule has 1 amide bonds. The number of carbonyl (C=O) groups is 1. The lowest BCUT2D eigenvalue weighted by atomic mass is 10.3. The van der Waals surface area contributed by atoms with Crippen molar-refractivity contribution in [3.63, 3.8) is 0 Å². The standard InChI is InChI=1S/C12H16BrN3OS/c1-8(2)15-12(18)14-7-11(17)16-10-6-4-3-5-9(10)13/h3-6,8H,7H2,1-2H3,(H,16,17)(H2,14,15,18). The van der Waals surface area contributed by atoms with Gasteiger partial charge in [-0.05, 0) is 54.1 Å². The number of halogens is 1. The zero-order valence-electron chi connectivity index (χ0n) is 10.3. The lowest BCUT2D eigenvalue weighted by Gasteiger charge is -2.13. The number of rotatable bonds is 4. The molecule has 0 saturated heterocycles. The minimum absolute atomic E-state index is 0.139. The lowest BCUT2D eigenvalue weighted by Crippen LogP contribution is -2.42. The molecule has 0 atom stereocenters. The van der Waals surface area contributed by atoms with Crippen molar-refractivity contribution < 1.29 is 4.79 Å². The molecule has 4 nitrogen and oxygen atoms in total. The van der Waals surface area contributed by atoms with E-state index in [1.165, 1.54) is 0 Å². The lowest BCUT2D eigenvalue weighted by molar-refractivity contribution is -0.115. The molecule has 3 N–H and O–H groups in total. The molecule has 0 aromatic heterocycles. The maximum atomic E-state index is 11.7. The van der Waals surface area contributed by atoms with E-state index in [0.717, 1.165) is 10.2 Å². The number of hydrogen-bond donors (Lipinski definition) is 3. The quantitative estimate of drug-likeness (QED) is 0.742. The number of carbonyl (C=O) groups excluding carboxylic acids is 1. The molecule has 0 fully saturated rings. The van der Waals surface area contributed by atoms with E-state index in [4.69, 9.17) is 12.2 Å². The Morgan fingerprint density at radius 3 is 2.67 bits per heavy atom. The fourth-order valence-electron chi connectivity index (χ4n) is 1.23. The van der Waals surface area contributed by atoms with E-state index < -0.39 is 0 Å². The zero-order chi connectivity index (χ0) is 13.5. The zero-order valence-corrected chi connectivity index (χ0v) is 12.7. The summed E-state index contributed by atoms with van der Waals surface area (Å²) in [5, 5.41) is 9.11. The van der Waals surface area contributed by atoms with Crippen molar-refractivity contribution in [1.29, 1.82) is 0 Å². The maximum Gasteiger partial charge on any atom is 0.243 e. The Hall–Kier alpha value is -1.14. The number of thiocarbonyl (C=S) groups is 1. The summed E-state index contributed by atoms with van der Waals surface area (Å²) in [5.74, 6) is -0.144. The first-order valence-electron chi connectivity index (χ1n) is 5.58. The molecule has 1 aromatic carbocycles. The van der Waals surface area contributed by atoms with Gasteiger partial charge in [0.15, 0.2) is 5.11 Å². The first-order chi connectivity index (χ1) is 8.49. The van der Waals surface area contributed by atoms with Gasteiger partial charge in [-0.2, -0.15) is 0 Å². The third kappa shape index (κ3) is 5.46. The van der Waals surface area contributed by atoms with Gasteiger partial charge in [0.25, 0.3) is 0 Å². The molecular weight excluding hydrogens is 314 g/mol. The molecule has 98 valence electrons. The molecule has 0 bridgehead atoms. The van der Waals surface area contributed by atoms with Gasteiger partial charge in [-0.15, -0.1) is 0 Å². The molecule has 0 aliphatic rings. The molecule has 6 heteroatoms. The third-order valence-corrected chi connectivity index (χ3v) is 2.93. The van der Waals surface area contributed by atoms with Crippen molar-refractivity contribution in [3.8, 4) is 0 Å². The molecule has 0 unspecified atom stereocenters. The molecular formula is C12H16BrN3OS. The normalized spacial score (nSPS) is 10.0. The SMILES string of the molecule is CC(C)NC(=S)NCC(=O)Nc1ccccc1Br. The molecule has 0 saturated carbocycles. The summed E-state index contributed by atoms with van der Waals surface area (Å²) in [4.78, 5) is 11.7. The van der Waals surface area contributed by atoms with Crippen LogP contribution in [0.1, 0.15) is 13.8 Å². The Kier molecular flexibility index (Phi) is 6.07. The topological polar surface area (TPSA) is 53.2 Å². The smallest absolute Gasteiger partial charge is 0.243 e. The number of benzene rings is 1. The van der Waals surface area contributed by atoms with E-state index in [1.807, 2.05) is 38.1 Å². The van der Waals surface area contributed by atoms with E-state index in [-0.39, 0.29) is 18.5 Å². The van der Waals surface area contributed by atoms with E-state index in [1.54, 1.807) is 0 Å². The van der Waals surface area contributed by atoms with Crippen molar-refractivity contribution in [1.82, 2.24) is 10.6 Å². The van der Waals surface area contributed by atoms with E-state index in [2.05, 4.69) is 31.9 Å². The average Bonchev–Trinajstić information content (AvgIpc) is 2.29. The molecule has 1 rings (SSSR count). The Morgan fingerprint density at radius 1 is 1.39 bits per heavy atom. The monoisotopic (exact) mass is 329 g/mol. The summed E-state index contributed by atoms with van der Waals surface area (Å²) in [7, 11) is 0. The number of hydrogen-bond acceptors (Lipinski definition) is 2. The van der Waals surface area contributed by atoms with Gasteiger partial charge in [0, 0.05) is 10.5 Å². The highest BCUT2D eigenvalue weighted by molar-refractivity contribution is 9.10. The van der Waals surface area contributed by atoms with Crippen LogP contribution < -0.4 is 16.0 Å². The van der Waals surface area contributed by atoms with Crippen LogP contribution >= 0.6 is 28.1 Å². The largest absolute Gasteiger partial charge is 0.361 e. The van der Waals surface area contributed by atoms with Crippen molar-refractivity contribution >= 4 is 44.9 Å². The Labute approximate surface area is 121 Å². The summed E-state index contributed by atoms with van der Waals surface area (Å²) >= 11 is 8.39. The first kappa shape index (κ1) is 14.9. The molecule has 0 radical (unpaired) electrons. The summed E-state index contributed by atoms with van der Waals surface area (Å²) in [6.45, 7) is 4.10. The summed E-state index contributed by atoms with van der Waals surface area (Å²) < 4.78 is 0.848. The summed E-state index contributed by atoms with van der Waals surface area (Å²) in [6.07, 6.45) is 0. The van der Waals surface area contributed by atoms with Crippen LogP contribution in [0.25, 0.3) is 0 Å². The van der Waals surface area contributed by atoms with Gasteiger partial charge in [0.2, 0.25) is 5.91 Å². The Morgan fingerprint density at radius 2 is 2.06 bits per heavy atom. The Bertz CT molecular complexity index is 437. The number of amides is 1. The molecule has 1 aromatic rings. The van der Waals surface area contributed by atoms with E-state index >= 15 is 0 Å². The van der Waals surface area contributed by atoms with Crippen LogP contribution in [0, 0.1) is 0 Å². The molecule has 0 heterocycles. The van der Waals surface area contributed by atoms with Gasteiger partial charge >= 0.3 is 0 Å². The first-order valence-corrected chi connectivity index (χ1v) is 6.78. The van der Waals surface area contributed by atoms with E-state index in [9.17, 15) is 4.79 Å². The highest BCUT2D eigenvalue weighted by Crippen LogP contribution is 2.20. The highest BCUT2D eigenvalue weighted by atomic mass is 79.9. The molecule has 0 aliphatic carbocycles. The van der Waals surface area contributed by atoms with Crippen LogP contribution in [0.3, 0.4) is 0 Å². The number of nitrogens with one attached hydrogen (secondary N) is 3. The predicted molar refractivity (Wildman–Crippen MR) is 81.6 cm³/mol. The highest BCUT2D eigenvalue weighted by Gasteiger charge is 2.05. The summed E-state index contributed by atoms with van der Waals surface area (Å²) in [5.41, 5.74) is 0.743. The van der Waals surface area contributed by atoms with E-state index in [0.29, 0.717) is 5.11 Å². The van der Waals surface area contributed by atoms with Crippen molar-refractivity contribution in [3.05, 3.63) is 28.7 Å². The third-order valence-electron chi connectivity index (χ3n) is 1.98. The second-order valence-electron chi connectivity index (χ2n) is 4.01. The van der Waals surface area contributed by atoms with Crippen molar-refractivity contribution in [2.24, 2.45) is 0 Å². The fourth-order valence-corrected chi connectivity index (χ4v) is 1.92. The molecule has 18 heavy (non-hydrogen) atoms. The van der Waals surface area contributed by atoms with Crippen LogP contribution in [0.4, 0.5) is 5.69 Å². The number of anilines is 1. The fraction of sp³-hybridized carbons (Fsp3) is 0.333. The second kappa shape index (κ2) is 7.33. The molecule has 0 spiro atoms. The minimum Gasteiger partial charge on any atom is -0.361 e. The van der Waals surface area contributed by atoms with Gasteiger partial charge in [-0.25, -0.2) is 0 Å². The van der Waals surface area contributed by atoms with Gasteiger partial charge < -0.3 is 16.0 Å². The van der Waals surface area contributed by atoms with Crippen LogP contribution in [0.5, 0.6) is 0 Å². The van der Waals surface area contributed by atoms with Crippen molar-refractivity contribution in [2.75, 3.05) is 11.9 Å². The Balaban J connectivity index is 2.39. The second-order valence-corrected chi connectivity index (χ2v) is 5.27. The van der Waals surface area contributed by atoms with Crippen LogP contribution in [-0.2, 0) is 4.79 Å².